The number of methoxy groups -OCH3 is 1. The summed E-state index contributed by atoms with van der Waals surface area (Å²) >= 11 is 32.0. The third kappa shape index (κ3) is 22.2. The van der Waals surface area contributed by atoms with Gasteiger partial charge in [0, 0.05) is 59.9 Å². The van der Waals surface area contributed by atoms with E-state index in [-0.39, 0.29) is 16.1 Å². The minimum Gasteiger partial charge on any atom is -0.480 e. The largest absolute Gasteiger partial charge is 0.480 e. The number of carboxylic acids is 3. The summed E-state index contributed by atoms with van der Waals surface area (Å²) in [5.41, 5.74) is 5.71. The van der Waals surface area contributed by atoms with Gasteiger partial charge in [-0.25, -0.2) is 19.2 Å². The highest BCUT2D eigenvalue weighted by Crippen LogP contribution is 2.31. The monoisotopic (exact) mass is 1100 g/mol. The summed E-state index contributed by atoms with van der Waals surface area (Å²) in [4.78, 5) is 103. The van der Waals surface area contributed by atoms with E-state index >= 15 is 0 Å². The predicted molar refractivity (Wildman–Crippen MR) is 263 cm³/mol. The van der Waals surface area contributed by atoms with Crippen LogP contribution in [0.3, 0.4) is 0 Å². The Morgan fingerprint density at radius 2 is 0.857 bits per heavy atom. The number of halogens is 4. The molecule has 4 amide bonds. The summed E-state index contributed by atoms with van der Waals surface area (Å²) in [6.07, 6.45) is 0. The van der Waals surface area contributed by atoms with E-state index in [0.29, 0.717) is 28.9 Å². The third-order valence-electron chi connectivity index (χ3n) is 8.18. The topological polar surface area (TPSA) is 257 Å². The van der Waals surface area contributed by atoms with Crippen LogP contribution in [-0.4, -0.2) is 210 Å². The van der Waals surface area contributed by atoms with Crippen molar-refractivity contribution in [2.45, 2.75) is 61.1 Å². The molecule has 0 aromatic heterocycles. The number of carbonyl (C=O) groups excluding carboxylic acids is 5. The number of esters is 1. The van der Waals surface area contributed by atoms with E-state index < -0.39 is 69.5 Å². The Kier molecular flexibility index (Phi) is 31.1. The van der Waals surface area contributed by atoms with Gasteiger partial charge in [-0.3, -0.25) is 34.2 Å². The fourth-order valence-corrected chi connectivity index (χ4v) is 12.5. The van der Waals surface area contributed by atoms with Crippen molar-refractivity contribution >= 4 is 191 Å². The highest BCUT2D eigenvalue weighted by atomic mass is 35.5. The number of rotatable bonds is 4. The van der Waals surface area contributed by atoms with Crippen LogP contribution >= 0.6 is 129 Å². The zero-order valence-electron chi connectivity index (χ0n) is 34.1. The number of hydrogen-bond donors (Lipinski definition) is 3. The van der Waals surface area contributed by atoms with Crippen LogP contribution in [0, 0.1) is 0 Å². The zero-order valence-corrected chi connectivity index (χ0v) is 42.8. The number of aliphatic carboxylic acids is 3. The van der Waals surface area contributed by atoms with E-state index in [9.17, 15) is 38.4 Å². The number of nitrogens with zero attached hydrogens (tertiary/aromatic N) is 7. The summed E-state index contributed by atoms with van der Waals surface area (Å²) in [5, 5.41) is 22.9. The van der Waals surface area contributed by atoms with Crippen LogP contribution in [0.15, 0.2) is 15.0 Å². The van der Waals surface area contributed by atoms with Gasteiger partial charge in [-0.1, -0.05) is 0 Å². The van der Waals surface area contributed by atoms with Crippen molar-refractivity contribution in [3.8, 4) is 0 Å². The molecule has 0 radical (unpaired) electrons. The van der Waals surface area contributed by atoms with Crippen molar-refractivity contribution in [1.29, 1.82) is 0 Å². The number of hydrogen-bond acceptors (Lipinski definition) is 19. The van der Waals surface area contributed by atoms with Gasteiger partial charge >= 0.3 is 45.3 Å². The molecule has 0 aliphatic carbocycles. The fourth-order valence-electron chi connectivity index (χ4n) is 5.04. The maximum absolute atomic E-state index is 11.0. The van der Waals surface area contributed by atoms with Crippen LogP contribution in [-0.2, 0) is 23.9 Å². The Labute approximate surface area is 414 Å². The molecule has 4 fully saturated rings. The highest BCUT2D eigenvalue weighted by Gasteiger charge is 2.41. The highest BCUT2D eigenvalue weighted by molar-refractivity contribution is 8.12. The van der Waals surface area contributed by atoms with E-state index in [1.807, 2.05) is 16.6 Å². The molecule has 356 valence electrons. The maximum atomic E-state index is 11.0. The molecule has 7 atom stereocenters. The first-order valence-electron chi connectivity index (χ1n) is 18.2. The number of thioether (sulfide) groups is 7. The molecule has 7 aliphatic rings. The lowest BCUT2D eigenvalue weighted by atomic mass is 10.3. The second kappa shape index (κ2) is 33.0. The second-order valence-electron chi connectivity index (χ2n) is 12.2. The number of aliphatic imine (C=N–C) groups is 3. The van der Waals surface area contributed by atoms with Crippen LogP contribution in [0.2, 0.25) is 0 Å². The third-order valence-corrected chi connectivity index (χ3v) is 15.8. The first kappa shape index (κ1) is 59.4. The molecule has 0 spiro atoms. The van der Waals surface area contributed by atoms with Gasteiger partial charge in [0.05, 0.1) is 45.7 Å². The molecule has 19 nitrogen and oxygen atoms in total. The van der Waals surface area contributed by atoms with Crippen LogP contribution in [0.5, 0.6) is 0 Å². The van der Waals surface area contributed by atoms with Gasteiger partial charge in [-0.15, -0.1) is 82.3 Å². The van der Waals surface area contributed by atoms with E-state index in [4.69, 9.17) is 61.7 Å². The van der Waals surface area contributed by atoms with Gasteiger partial charge in [-0.2, -0.15) is 0 Å². The molecular weight excluding hydrogens is 1050 g/mol. The molecule has 3 N–H and O–H groups in total. The van der Waals surface area contributed by atoms with E-state index in [1.165, 1.54) is 91.0 Å². The lowest BCUT2D eigenvalue weighted by molar-refractivity contribution is -0.144. The molecule has 63 heavy (non-hydrogen) atoms. The zero-order chi connectivity index (χ0) is 47.6. The average Bonchev–Trinajstić information content (AvgIpc) is 4.07. The van der Waals surface area contributed by atoms with Gasteiger partial charge < -0.3 is 39.7 Å². The summed E-state index contributed by atoms with van der Waals surface area (Å²) in [6, 6.07) is -2.81. The molecule has 0 aromatic carbocycles. The first-order valence-corrected chi connectivity index (χ1v) is 27.1. The second-order valence-corrected chi connectivity index (χ2v) is 21.4. The van der Waals surface area contributed by atoms with Crippen molar-refractivity contribution in [3.05, 3.63) is 0 Å². The molecule has 0 saturated carbocycles. The Bertz CT molecular complexity index is 1480. The van der Waals surface area contributed by atoms with Crippen LogP contribution in [0.1, 0.15) is 20.8 Å². The molecule has 30 heteroatoms. The van der Waals surface area contributed by atoms with Gasteiger partial charge in [0.2, 0.25) is 0 Å². The summed E-state index contributed by atoms with van der Waals surface area (Å²) in [5.74, 6) is 2.43. The standard InChI is InChI=1S/4C6H8ClNO3S.3C3H5NS/c1-11-5(9)4-2-12-3-8(4)6(7)10;3*1-3-8(6(7)11)4(2-12-3)5(9)10;3*1-2-5-3-4-1/h4H,2-3H2,1H3;3*3-4H,2H2,1H3,(H,9,10);3*3H,1-2H2. The predicted octanol–water partition coefficient (Wildman–Crippen LogP) is 6.76. The molecule has 7 rings (SSSR count). The minimum atomic E-state index is -0.999. The van der Waals surface area contributed by atoms with Gasteiger partial charge in [0.25, 0.3) is 0 Å². The van der Waals surface area contributed by atoms with Gasteiger partial charge in [0.15, 0.2) is 0 Å². The molecule has 7 heterocycles. The molecule has 4 saturated heterocycles. The Morgan fingerprint density at radius 3 is 1.03 bits per heavy atom. The summed E-state index contributed by atoms with van der Waals surface area (Å²) in [6.45, 7) is 8.37. The van der Waals surface area contributed by atoms with Gasteiger partial charge in [0.1, 0.15) is 24.2 Å². The summed E-state index contributed by atoms with van der Waals surface area (Å²) in [7, 11) is 1.29. The SMILES string of the molecule is C1=NCCS1.C1=NCCS1.C1=NCCS1.CC1SCC(C(=O)O)N1C(=O)Cl.CC1SCC(C(=O)O)N1C(=O)Cl.CC1SCC(C(=O)O)N1C(=O)Cl.COC(=O)C1CSCN1C(=O)Cl. The number of ether oxygens (including phenoxy) is 1. The maximum Gasteiger partial charge on any atom is 0.329 e. The van der Waals surface area contributed by atoms with Crippen molar-refractivity contribution in [1.82, 2.24) is 19.6 Å². The van der Waals surface area contributed by atoms with Crippen molar-refractivity contribution in [3.63, 3.8) is 0 Å². The van der Waals surface area contributed by atoms with Gasteiger partial charge in [-0.05, 0) is 67.2 Å². The Hall–Kier alpha value is -1.62. The fraction of sp³-hybridized carbons (Fsp3) is 0.667. The Balaban J connectivity index is 0.000000378. The molecule has 7 unspecified atom stereocenters. The smallest absolute Gasteiger partial charge is 0.329 e. The lowest BCUT2D eigenvalue weighted by Crippen LogP contribution is -2.42. The normalized spacial score (nSPS) is 25.8. The number of amides is 4. The molecule has 0 aromatic rings. The first-order chi connectivity index (χ1) is 29.8. The van der Waals surface area contributed by atoms with Crippen molar-refractivity contribution in [2.24, 2.45) is 15.0 Å². The van der Waals surface area contributed by atoms with E-state index in [0.717, 1.165) is 19.6 Å². The van der Waals surface area contributed by atoms with Crippen molar-refractivity contribution < 1.29 is 58.4 Å². The van der Waals surface area contributed by atoms with E-state index in [2.05, 4.69) is 19.7 Å². The van der Waals surface area contributed by atoms with Crippen LogP contribution in [0.4, 0.5) is 19.2 Å². The summed E-state index contributed by atoms with van der Waals surface area (Å²) < 4.78 is 4.51. The minimum absolute atomic E-state index is 0.143. The molecule has 7 aliphatic heterocycles. The quantitative estimate of drug-likeness (QED) is 0.149. The molecule has 0 bridgehead atoms. The number of carbonyl (C=O) groups is 8. The lowest BCUT2D eigenvalue weighted by Gasteiger charge is -2.21. The van der Waals surface area contributed by atoms with Crippen molar-refractivity contribution in [2.75, 3.05) is 72.9 Å². The Morgan fingerprint density at radius 1 is 0.540 bits per heavy atom. The number of carboxylic acid groups (broad SMARTS) is 3. The van der Waals surface area contributed by atoms with E-state index in [1.54, 1.807) is 56.1 Å². The van der Waals surface area contributed by atoms with Crippen LogP contribution < -0.4 is 0 Å². The molecular formula is C33H47Cl4N7O12S7. The van der Waals surface area contributed by atoms with Crippen LogP contribution in [0.25, 0.3) is 0 Å². The average molecular weight is 1100 g/mol.